The zero-order chi connectivity index (χ0) is 14.4. The van der Waals surface area contributed by atoms with Gasteiger partial charge in [-0.15, -0.1) is 0 Å². The number of nitrogens with zero attached hydrogens (tertiary/aromatic N) is 1. The molecule has 0 heterocycles. The highest BCUT2D eigenvalue weighted by atomic mass is 16.5. The number of aliphatic hydroxyl groups is 1. The number of rotatable bonds is 7. The molecule has 0 aliphatic carbocycles. The van der Waals surface area contributed by atoms with Crippen LogP contribution >= 0.6 is 0 Å². The van der Waals surface area contributed by atoms with Crippen molar-refractivity contribution in [2.45, 2.75) is 26.8 Å². The van der Waals surface area contributed by atoms with Gasteiger partial charge < -0.3 is 14.7 Å². The van der Waals surface area contributed by atoms with Crippen molar-refractivity contribution in [2.75, 3.05) is 27.3 Å². The lowest BCUT2D eigenvalue weighted by Crippen LogP contribution is -2.32. The first-order chi connectivity index (χ1) is 9.01. The van der Waals surface area contributed by atoms with Gasteiger partial charge in [-0.25, -0.2) is 0 Å². The van der Waals surface area contributed by atoms with E-state index in [1.54, 1.807) is 0 Å². The summed E-state index contributed by atoms with van der Waals surface area (Å²) in [5.74, 6) is 1.56. The zero-order valence-corrected chi connectivity index (χ0v) is 12.8. The van der Waals surface area contributed by atoms with E-state index in [0.717, 1.165) is 5.75 Å². The van der Waals surface area contributed by atoms with Crippen molar-refractivity contribution in [1.29, 1.82) is 0 Å². The van der Waals surface area contributed by atoms with Crippen molar-refractivity contribution in [3.8, 4) is 5.75 Å². The van der Waals surface area contributed by atoms with Gasteiger partial charge in [-0.1, -0.05) is 26.0 Å². The molecular weight excluding hydrogens is 238 g/mol. The minimum absolute atomic E-state index is 0.202. The third kappa shape index (κ3) is 4.22. The van der Waals surface area contributed by atoms with Crippen LogP contribution in [0.15, 0.2) is 24.3 Å². The Morgan fingerprint density at radius 1 is 1.16 bits per heavy atom. The van der Waals surface area contributed by atoms with Gasteiger partial charge in [-0.2, -0.15) is 0 Å². The SMILES string of the molecule is CCOc1ccc(C(C(CO)C(C)C)N(C)C)cc1. The van der Waals surface area contributed by atoms with Gasteiger partial charge in [0.1, 0.15) is 5.75 Å². The normalized spacial score (nSPS) is 14.7. The van der Waals surface area contributed by atoms with Crippen LogP contribution in [0.5, 0.6) is 5.75 Å². The van der Waals surface area contributed by atoms with Gasteiger partial charge in [0.05, 0.1) is 6.61 Å². The Hall–Kier alpha value is -1.06. The summed E-state index contributed by atoms with van der Waals surface area (Å²) in [5, 5.41) is 9.66. The first-order valence-corrected chi connectivity index (χ1v) is 7.01. The van der Waals surface area contributed by atoms with E-state index < -0.39 is 0 Å². The fraction of sp³-hybridized carbons (Fsp3) is 0.625. The molecule has 0 amide bonds. The highest BCUT2D eigenvalue weighted by Gasteiger charge is 2.27. The molecule has 0 aliphatic heterocycles. The molecule has 1 aromatic rings. The van der Waals surface area contributed by atoms with E-state index in [1.807, 2.05) is 19.1 Å². The van der Waals surface area contributed by atoms with E-state index >= 15 is 0 Å². The summed E-state index contributed by atoms with van der Waals surface area (Å²) < 4.78 is 5.47. The Morgan fingerprint density at radius 3 is 2.11 bits per heavy atom. The molecule has 0 aliphatic rings. The van der Waals surface area contributed by atoms with Crippen LogP contribution in [0.2, 0.25) is 0 Å². The fourth-order valence-corrected chi connectivity index (χ4v) is 2.53. The van der Waals surface area contributed by atoms with E-state index in [4.69, 9.17) is 4.74 Å². The first kappa shape index (κ1) is 16.0. The van der Waals surface area contributed by atoms with Gasteiger partial charge >= 0.3 is 0 Å². The number of hydrogen-bond acceptors (Lipinski definition) is 3. The van der Waals surface area contributed by atoms with Crippen LogP contribution in [0.1, 0.15) is 32.4 Å². The van der Waals surface area contributed by atoms with Crippen molar-refractivity contribution in [1.82, 2.24) is 4.90 Å². The molecule has 0 aromatic heterocycles. The first-order valence-electron chi connectivity index (χ1n) is 7.01. The van der Waals surface area contributed by atoms with Gasteiger partial charge in [0, 0.05) is 18.6 Å². The van der Waals surface area contributed by atoms with E-state index in [1.165, 1.54) is 5.56 Å². The van der Waals surface area contributed by atoms with Crippen LogP contribution in [-0.4, -0.2) is 37.3 Å². The van der Waals surface area contributed by atoms with Crippen LogP contribution in [0, 0.1) is 11.8 Å². The molecule has 1 rings (SSSR count). The molecule has 0 fully saturated rings. The number of benzene rings is 1. The number of ether oxygens (including phenoxy) is 1. The Morgan fingerprint density at radius 2 is 1.74 bits per heavy atom. The van der Waals surface area contributed by atoms with Crippen LogP contribution in [0.25, 0.3) is 0 Å². The summed E-state index contributed by atoms with van der Waals surface area (Å²) >= 11 is 0. The second-order valence-electron chi connectivity index (χ2n) is 5.50. The van der Waals surface area contributed by atoms with Gasteiger partial charge in [0.15, 0.2) is 0 Å². The summed E-state index contributed by atoms with van der Waals surface area (Å²) in [7, 11) is 4.12. The molecule has 0 spiro atoms. The van der Waals surface area contributed by atoms with Crippen molar-refractivity contribution < 1.29 is 9.84 Å². The Labute approximate surface area is 117 Å². The maximum absolute atomic E-state index is 9.66. The standard InChI is InChI=1S/C16H27NO2/c1-6-19-14-9-7-13(8-10-14)16(17(4)5)15(11-18)12(2)3/h7-10,12,15-16,18H,6,11H2,1-5H3. The van der Waals surface area contributed by atoms with Crippen molar-refractivity contribution in [2.24, 2.45) is 11.8 Å². The molecule has 1 N–H and O–H groups in total. The molecular formula is C16H27NO2. The molecule has 19 heavy (non-hydrogen) atoms. The van der Waals surface area contributed by atoms with Gasteiger partial charge in [0.25, 0.3) is 0 Å². The lowest BCUT2D eigenvalue weighted by Gasteiger charge is -2.34. The van der Waals surface area contributed by atoms with Crippen molar-refractivity contribution in [3.05, 3.63) is 29.8 Å². The average Bonchev–Trinajstić information content (AvgIpc) is 2.36. The molecule has 2 unspecified atom stereocenters. The fourth-order valence-electron chi connectivity index (χ4n) is 2.53. The lowest BCUT2D eigenvalue weighted by atomic mass is 9.84. The van der Waals surface area contributed by atoms with E-state index in [2.05, 4.69) is 45.0 Å². The summed E-state index contributed by atoms with van der Waals surface area (Å²) in [4.78, 5) is 2.18. The van der Waals surface area contributed by atoms with Gasteiger partial charge in [-0.3, -0.25) is 0 Å². The monoisotopic (exact) mass is 265 g/mol. The molecule has 0 saturated carbocycles. The number of hydrogen-bond donors (Lipinski definition) is 1. The van der Waals surface area contributed by atoms with E-state index in [-0.39, 0.29) is 18.6 Å². The van der Waals surface area contributed by atoms with Crippen LogP contribution in [-0.2, 0) is 0 Å². The molecule has 0 bridgehead atoms. The molecule has 108 valence electrons. The zero-order valence-electron chi connectivity index (χ0n) is 12.8. The predicted molar refractivity (Wildman–Crippen MR) is 79.5 cm³/mol. The summed E-state index contributed by atoms with van der Waals surface area (Å²) in [5.41, 5.74) is 1.22. The molecule has 0 radical (unpaired) electrons. The van der Waals surface area contributed by atoms with E-state index in [0.29, 0.717) is 12.5 Å². The lowest BCUT2D eigenvalue weighted by molar-refractivity contribution is 0.100. The largest absolute Gasteiger partial charge is 0.494 e. The highest BCUT2D eigenvalue weighted by Crippen LogP contribution is 2.32. The smallest absolute Gasteiger partial charge is 0.119 e. The quantitative estimate of drug-likeness (QED) is 0.822. The van der Waals surface area contributed by atoms with Crippen LogP contribution in [0.4, 0.5) is 0 Å². The van der Waals surface area contributed by atoms with Crippen LogP contribution in [0.3, 0.4) is 0 Å². The van der Waals surface area contributed by atoms with Crippen molar-refractivity contribution >= 4 is 0 Å². The summed E-state index contributed by atoms with van der Waals surface area (Å²) in [6.45, 7) is 7.18. The highest BCUT2D eigenvalue weighted by molar-refractivity contribution is 5.29. The molecule has 0 saturated heterocycles. The predicted octanol–water partition coefficient (Wildman–Crippen LogP) is 2.95. The third-order valence-electron chi connectivity index (χ3n) is 3.56. The Kier molecular flexibility index (Phi) is 6.32. The Bertz CT molecular complexity index is 360. The summed E-state index contributed by atoms with van der Waals surface area (Å²) in [6, 6.07) is 8.43. The molecule has 3 nitrogen and oxygen atoms in total. The maximum Gasteiger partial charge on any atom is 0.119 e. The third-order valence-corrected chi connectivity index (χ3v) is 3.56. The van der Waals surface area contributed by atoms with Crippen LogP contribution < -0.4 is 4.74 Å². The maximum atomic E-state index is 9.66. The molecule has 1 aromatic carbocycles. The van der Waals surface area contributed by atoms with Gasteiger partial charge in [0.2, 0.25) is 0 Å². The van der Waals surface area contributed by atoms with E-state index in [9.17, 15) is 5.11 Å². The molecule has 2 atom stereocenters. The van der Waals surface area contributed by atoms with Crippen molar-refractivity contribution in [3.63, 3.8) is 0 Å². The number of aliphatic hydroxyl groups excluding tert-OH is 1. The second kappa shape index (κ2) is 7.51. The van der Waals surface area contributed by atoms with Gasteiger partial charge in [-0.05, 0) is 44.6 Å². The topological polar surface area (TPSA) is 32.7 Å². The summed E-state index contributed by atoms with van der Waals surface area (Å²) in [6.07, 6.45) is 0. The molecule has 3 heteroatoms. The second-order valence-corrected chi connectivity index (χ2v) is 5.50. The average molecular weight is 265 g/mol. The Balaban J connectivity index is 2.98. The minimum atomic E-state index is 0.202. The minimum Gasteiger partial charge on any atom is -0.494 e.